The third kappa shape index (κ3) is 4.75. The van der Waals surface area contributed by atoms with Gasteiger partial charge in [0.25, 0.3) is 0 Å². The number of likely N-dealkylation sites (tertiary alicyclic amines) is 1. The maximum absolute atomic E-state index is 12.2. The lowest BCUT2D eigenvalue weighted by Crippen LogP contribution is -2.42. The highest BCUT2D eigenvalue weighted by molar-refractivity contribution is 5.78. The molecule has 1 amide bonds. The Hall–Kier alpha value is -0.650. The molecule has 0 bridgehead atoms. The molecule has 0 saturated carbocycles. The monoisotopic (exact) mass is 268 g/mol. The van der Waals surface area contributed by atoms with Gasteiger partial charge in [0, 0.05) is 32.7 Å². The lowest BCUT2D eigenvalue weighted by Gasteiger charge is -2.25. The van der Waals surface area contributed by atoms with E-state index in [-0.39, 0.29) is 5.91 Å². The van der Waals surface area contributed by atoms with E-state index in [2.05, 4.69) is 29.2 Å². The molecule has 0 aromatic rings. The summed E-state index contributed by atoms with van der Waals surface area (Å²) in [5.74, 6) is 1.02. The molecule has 2 heterocycles. The Kier molecular flexibility index (Phi) is 5.60. The lowest BCUT2D eigenvalue weighted by molar-refractivity contribution is -0.132. The number of carbonyl (C=O) groups is 1. The molecule has 0 spiro atoms. The van der Waals surface area contributed by atoms with Gasteiger partial charge in [-0.1, -0.05) is 0 Å². The number of carbonyl (C=O) groups excluding carboxylic acids is 1. The van der Waals surface area contributed by atoms with E-state index in [9.17, 15) is 4.79 Å². The van der Waals surface area contributed by atoms with Crippen LogP contribution >= 0.6 is 0 Å². The molecular formula is C14H28N4O. The minimum atomic E-state index is 0.289. The average molecular weight is 268 g/mol. The summed E-state index contributed by atoms with van der Waals surface area (Å²) in [6.07, 6.45) is 2.34. The van der Waals surface area contributed by atoms with Gasteiger partial charge in [-0.05, 0) is 45.9 Å². The van der Waals surface area contributed by atoms with E-state index in [4.69, 9.17) is 0 Å². The van der Waals surface area contributed by atoms with Crippen LogP contribution in [0.3, 0.4) is 0 Å². The zero-order chi connectivity index (χ0) is 13.7. The molecule has 5 nitrogen and oxygen atoms in total. The molecule has 1 atom stereocenters. The Balaban J connectivity index is 1.71. The number of hydrogen-bond acceptors (Lipinski definition) is 4. The highest BCUT2D eigenvalue weighted by Gasteiger charge is 2.22. The van der Waals surface area contributed by atoms with Crippen LogP contribution in [-0.2, 0) is 4.79 Å². The third-order valence-corrected chi connectivity index (χ3v) is 4.16. The number of hydrogen-bond donors (Lipinski definition) is 1. The Bertz CT molecular complexity index is 289. The van der Waals surface area contributed by atoms with Gasteiger partial charge in [0.2, 0.25) is 5.91 Å². The predicted octanol–water partition coefficient (Wildman–Crippen LogP) is -0.308. The first-order valence-electron chi connectivity index (χ1n) is 7.50. The molecule has 110 valence electrons. The Labute approximate surface area is 116 Å². The van der Waals surface area contributed by atoms with E-state index >= 15 is 0 Å². The quantitative estimate of drug-likeness (QED) is 0.759. The fourth-order valence-electron chi connectivity index (χ4n) is 3.11. The van der Waals surface area contributed by atoms with Gasteiger partial charge in [0.15, 0.2) is 0 Å². The van der Waals surface area contributed by atoms with Gasteiger partial charge in [-0.2, -0.15) is 0 Å². The summed E-state index contributed by atoms with van der Waals surface area (Å²) < 4.78 is 0. The number of amides is 1. The highest BCUT2D eigenvalue weighted by atomic mass is 16.2. The minimum absolute atomic E-state index is 0.289. The molecule has 2 saturated heterocycles. The van der Waals surface area contributed by atoms with Crippen molar-refractivity contribution in [1.29, 1.82) is 0 Å². The molecule has 0 aliphatic carbocycles. The number of nitrogens with one attached hydrogen (secondary N) is 1. The van der Waals surface area contributed by atoms with Crippen molar-refractivity contribution in [1.82, 2.24) is 20.0 Å². The molecule has 1 N–H and O–H groups in total. The van der Waals surface area contributed by atoms with Gasteiger partial charge < -0.3 is 15.1 Å². The molecule has 2 aliphatic heterocycles. The summed E-state index contributed by atoms with van der Waals surface area (Å²) in [7, 11) is 4.25. The smallest absolute Gasteiger partial charge is 0.236 e. The average Bonchev–Trinajstić information content (AvgIpc) is 2.64. The van der Waals surface area contributed by atoms with Crippen LogP contribution in [-0.4, -0.2) is 87.1 Å². The summed E-state index contributed by atoms with van der Waals surface area (Å²) in [4.78, 5) is 18.8. The van der Waals surface area contributed by atoms with E-state index in [0.717, 1.165) is 45.1 Å². The van der Waals surface area contributed by atoms with Crippen molar-refractivity contribution in [2.45, 2.75) is 12.8 Å². The second-order valence-electron chi connectivity index (χ2n) is 6.10. The standard InChI is InChI=1S/C14H28N4O/c1-16-8-4-13(10-16)11-17(2)12-14(19)18-7-3-5-15-6-9-18/h13,15H,3-12H2,1-2H3. The van der Waals surface area contributed by atoms with Crippen LogP contribution in [0.1, 0.15) is 12.8 Å². The first-order chi connectivity index (χ1) is 9.15. The third-order valence-electron chi connectivity index (χ3n) is 4.16. The zero-order valence-corrected chi connectivity index (χ0v) is 12.4. The molecule has 2 rings (SSSR count). The number of rotatable bonds is 4. The van der Waals surface area contributed by atoms with Crippen molar-refractivity contribution in [2.75, 3.05) is 66.5 Å². The van der Waals surface area contributed by atoms with Crippen molar-refractivity contribution < 1.29 is 4.79 Å². The summed E-state index contributed by atoms with van der Waals surface area (Å²) >= 11 is 0. The van der Waals surface area contributed by atoms with Crippen LogP contribution in [0.15, 0.2) is 0 Å². The second-order valence-corrected chi connectivity index (χ2v) is 6.10. The first kappa shape index (κ1) is 14.8. The summed E-state index contributed by atoms with van der Waals surface area (Å²) in [5.41, 5.74) is 0. The molecule has 0 aromatic carbocycles. The normalized spacial score (nSPS) is 25.8. The summed E-state index contributed by atoms with van der Waals surface area (Å²) in [5, 5.41) is 3.34. The van der Waals surface area contributed by atoms with Crippen molar-refractivity contribution in [3.8, 4) is 0 Å². The molecular weight excluding hydrogens is 240 g/mol. The molecule has 19 heavy (non-hydrogen) atoms. The van der Waals surface area contributed by atoms with E-state index in [1.165, 1.54) is 19.5 Å². The Morgan fingerprint density at radius 3 is 2.89 bits per heavy atom. The summed E-state index contributed by atoms with van der Waals surface area (Å²) in [6, 6.07) is 0. The van der Waals surface area contributed by atoms with Gasteiger partial charge in [0.1, 0.15) is 0 Å². The van der Waals surface area contributed by atoms with E-state index in [1.54, 1.807) is 0 Å². The van der Waals surface area contributed by atoms with E-state index in [0.29, 0.717) is 6.54 Å². The molecule has 5 heteroatoms. The number of likely N-dealkylation sites (N-methyl/N-ethyl adjacent to an activating group) is 1. The fourth-order valence-corrected chi connectivity index (χ4v) is 3.11. The predicted molar refractivity (Wildman–Crippen MR) is 77.2 cm³/mol. The van der Waals surface area contributed by atoms with E-state index in [1.807, 2.05) is 4.90 Å². The summed E-state index contributed by atoms with van der Waals surface area (Å²) in [6.45, 7) is 7.72. The second kappa shape index (κ2) is 7.22. The molecule has 1 unspecified atom stereocenters. The van der Waals surface area contributed by atoms with Crippen LogP contribution in [0, 0.1) is 5.92 Å². The van der Waals surface area contributed by atoms with Gasteiger partial charge >= 0.3 is 0 Å². The largest absolute Gasteiger partial charge is 0.340 e. The van der Waals surface area contributed by atoms with Crippen LogP contribution in [0.25, 0.3) is 0 Å². The lowest BCUT2D eigenvalue weighted by atomic mass is 10.1. The molecule has 2 aliphatic rings. The first-order valence-corrected chi connectivity index (χ1v) is 7.50. The van der Waals surface area contributed by atoms with Crippen molar-refractivity contribution in [3.63, 3.8) is 0 Å². The Morgan fingerprint density at radius 2 is 2.16 bits per heavy atom. The van der Waals surface area contributed by atoms with Crippen LogP contribution in [0.5, 0.6) is 0 Å². The fraction of sp³-hybridized carbons (Fsp3) is 0.929. The SMILES string of the molecule is CN1CCC(CN(C)CC(=O)N2CCCNCC2)C1. The van der Waals surface area contributed by atoms with Gasteiger partial charge in [-0.25, -0.2) is 0 Å². The van der Waals surface area contributed by atoms with Crippen molar-refractivity contribution >= 4 is 5.91 Å². The van der Waals surface area contributed by atoms with Crippen LogP contribution in [0.4, 0.5) is 0 Å². The Morgan fingerprint density at radius 1 is 1.32 bits per heavy atom. The van der Waals surface area contributed by atoms with Crippen LogP contribution in [0.2, 0.25) is 0 Å². The maximum Gasteiger partial charge on any atom is 0.236 e. The molecule has 0 aromatic heterocycles. The maximum atomic E-state index is 12.2. The van der Waals surface area contributed by atoms with Crippen molar-refractivity contribution in [2.24, 2.45) is 5.92 Å². The van der Waals surface area contributed by atoms with Gasteiger partial charge in [0.05, 0.1) is 6.54 Å². The van der Waals surface area contributed by atoms with E-state index < -0.39 is 0 Å². The van der Waals surface area contributed by atoms with Gasteiger partial charge in [-0.3, -0.25) is 9.69 Å². The van der Waals surface area contributed by atoms with Crippen LogP contribution < -0.4 is 5.32 Å². The molecule has 0 radical (unpaired) electrons. The topological polar surface area (TPSA) is 38.8 Å². The van der Waals surface area contributed by atoms with Gasteiger partial charge in [-0.15, -0.1) is 0 Å². The minimum Gasteiger partial charge on any atom is -0.340 e. The number of nitrogens with zero attached hydrogens (tertiary/aromatic N) is 3. The molecule has 2 fully saturated rings. The zero-order valence-electron chi connectivity index (χ0n) is 12.4. The van der Waals surface area contributed by atoms with Crippen molar-refractivity contribution in [3.05, 3.63) is 0 Å². The highest BCUT2D eigenvalue weighted by Crippen LogP contribution is 2.15.